The molecule has 1 unspecified atom stereocenters. The van der Waals surface area contributed by atoms with Crippen LogP contribution in [0, 0.1) is 13.8 Å². The van der Waals surface area contributed by atoms with E-state index in [1.807, 2.05) is 24.6 Å². The Kier molecular flexibility index (Phi) is 8.94. The van der Waals surface area contributed by atoms with Gasteiger partial charge in [-0.25, -0.2) is 4.99 Å². The Morgan fingerprint density at radius 2 is 2.03 bits per heavy atom. The zero-order chi connectivity index (χ0) is 19.9. The molecule has 158 valence electrons. The second kappa shape index (κ2) is 11.2. The van der Waals surface area contributed by atoms with Gasteiger partial charge in [-0.15, -0.1) is 40.8 Å². The molecule has 0 radical (unpaired) electrons. The van der Waals surface area contributed by atoms with Crippen LogP contribution in [0.4, 0.5) is 5.69 Å². The van der Waals surface area contributed by atoms with Crippen LogP contribution < -0.4 is 15.5 Å². The number of piperidine rings is 1. The van der Waals surface area contributed by atoms with Crippen LogP contribution in [-0.4, -0.2) is 46.4 Å². The Morgan fingerprint density at radius 3 is 2.69 bits per heavy atom. The topological polar surface area (TPSA) is 70.4 Å². The lowest BCUT2D eigenvalue weighted by Gasteiger charge is -2.35. The van der Waals surface area contributed by atoms with Crippen molar-refractivity contribution in [2.24, 2.45) is 12.0 Å². The van der Waals surface area contributed by atoms with Gasteiger partial charge in [-0.3, -0.25) is 0 Å². The summed E-state index contributed by atoms with van der Waals surface area (Å²) in [6, 6.07) is 9.10. The molecule has 1 atom stereocenters. The maximum Gasteiger partial charge on any atom is 0.192 e. The molecule has 3 rings (SSSR count). The number of aromatic nitrogens is 3. The lowest BCUT2D eigenvalue weighted by molar-refractivity contribution is 0.468. The average molecular weight is 509 g/mol. The van der Waals surface area contributed by atoms with Crippen molar-refractivity contribution in [3.8, 4) is 0 Å². The van der Waals surface area contributed by atoms with Gasteiger partial charge in [-0.2, -0.15) is 0 Å². The van der Waals surface area contributed by atoms with E-state index < -0.39 is 0 Å². The Balaban J connectivity index is 0.00000300. The molecule has 1 aromatic heterocycles. The van der Waals surface area contributed by atoms with Gasteiger partial charge < -0.3 is 20.1 Å². The zero-order valence-electron chi connectivity index (χ0n) is 17.6. The number of anilines is 1. The minimum absolute atomic E-state index is 0. The van der Waals surface area contributed by atoms with E-state index in [1.54, 1.807) is 0 Å². The van der Waals surface area contributed by atoms with Crippen molar-refractivity contribution in [1.29, 1.82) is 0 Å². The fraction of sp³-hybridized carbons (Fsp3) is 0.476. The molecule has 2 aromatic rings. The molecule has 8 heteroatoms. The normalized spacial score (nSPS) is 16.9. The van der Waals surface area contributed by atoms with Gasteiger partial charge in [-0.05, 0) is 38.8 Å². The fourth-order valence-electron chi connectivity index (χ4n) is 3.34. The molecule has 0 saturated carbocycles. The molecule has 0 bridgehead atoms. The summed E-state index contributed by atoms with van der Waals surface area (Å²) in [6.07, 6.45) is 4.12. The molecular formula is C21H32IN7. The molecule has 1 aliphatic rings. The first-order chi connectivity index (χ1) is 13.6. The van der Waals surface area contributed by atoms with E-state index in [-0.39, 0.29) is 24.0 Å². The van der Waals surface area contributed by atoms with E-state index in [4.69, 9.17) is 4.99 Å². The van der Waals surface area contributed by atoms with Gasteiger partial charge in [0.25, 0.3) is 0 Å². The summed E-state index contributed by atoms with van der Waals surface area (Å²) in [5.41, 5.74) is 2.57. The second-order valence-corrected chi connectivity index (χ2v) is 7.32. The van der Waals surface area contributed by atoms with Gasteiger partial charge >= 0.3 is 0 Å². The first-order valence-electron chi connectivity index (χ1n) is 9.89. The molecule has 2 N–H and O–H groups in total. The molecule has 1 aliphatic heterocycles. The predicted octanol–water partition coefficient (Wildman–Crippen LogP) is 2.94. The summed E-state index contributed by atoms with van der Waals surface area (Å²) in [4.78, 5) is 7.16. The summed E-state index contributed by atoms with van der Waals surface area (Å²) in [5, 5.41) is 15.2. The van der Waals surface area contributed by atoms with Crippen molar-refractivity contribution in [3.63, 3.8) is 0 Å². The van der Waals surface area contributed by atoms with E-state index in [0.717, 1.165) is 43.5 Å². The van der Waals surface area contributed by atoms with Gasteiger partial charge in [0.2, 0.25) is 0 Å². The fourth-order valence-corrected chi connectivity index (χ4v) is 3.34. The molecule has 7 nitrogen and oxygen atoms in total. The van der Waals surface area contributed by atoms with Crippen molar-refractivity contribution in [1.82, 2.24) is 25.4 Å². The molecule has 1 aromatic carbocycles. The highest BCUT2D eigenvalue weighted by molar-refractivity contribution is 14.0. The first kappa shape index (κ1) is 23.2. The number of hydrogen-bond donors (Lipinski definition) is 2. The van der Waals surface area contributed by atoms with E-state index in [9.17, 15) is 0 Å². The molecule has 29 heavy (non-hydrogen) atoms. The maximum absolute atomic E-state index is 4.71. The summed E-state index contributed by atoms with van der Waals surface area (Å²) < 4.78 is 1.97. The van der Waals surface area contributed by atoms with Gasteiger partial charge in [0.05, 0.1) is 0 Å². The van der Waals surface area contributed by atoms with Gasteiger partial charge in [0, 0.05) is 38.4 Å². The third-order valence-electron chi connectivity index (χ3n) is 5.14. The lowest BCUT2D eigenvalue weighted by atomic mass is 10.0. The standard InChI is InChI=1S/C21H31N7.HI/c1-5-12-22-21(23-14-20-26-25-17(3)27(20)4)24-18-7-6-13-28(15-18)19-10-8-16(2)9-11-19;/h5,8-11,18H,1,6-7,12-15H2,2-4H3,(H2,22,23,24);1H. The maximum atomic E-state index is 4.71. The molecule has 0 amide bonds. The first-order valence-corrected chi connectivity index (χ1v) is 9.89. The van der Waals surface area contributed by atoms with Crippen LogP contribution in [0.3, 0.4) is 0 Å². The predicted molar refractivity (Wildman–Crippen MR) is 130 cm³/mol. The lowest BCUT2D eigenvalue weighted by Crippen LogP contribution is -2.51. The highest BCUT2D eigenvalue weighted by Crippen LogP contribution is 2.20. The Hall–Kier alpha value is -2.10. The zero-order valence-corrected chi connectivity index (χ0v) is 19.9. The number of halogens is 1. The van der Waals surface area contributed by atoms with Crippen molar-refractivity contribution >= 4 is 35.6 Å². The van der Waals surface area contributed by atoms with Crippen molar-refractivity contribution in [2.75, 3.05) is 24.5 Å². The van der Waals surface area contributed by atoms with Crippen LogP contribution in [0.15, 0.2) is 41.9 Å². The van der Waals surface area contributed by atoms with Crippen LogP contribution in [0.25, 0.3) is 0 Å². The van der Waals surface area contributed by atoms with E-state index in [0.29, 0.717) is 19.1 Å². The van der Waals surface area contributed by atoms with E-state index >= 15 is 0 Å². The summed E-state index contributed by atoms with van der Waals surface area (Å²) in [6.45, 7) is 11.1. The van der Waals surface area contributed by atoms with Crippen LogP contribution >= 0.6 is 24.0 Å². The number of hydrogen-bond acceptors (Lipinski definition) is 4. The van der Waals surface area contributed by atoms with E-state index in [1.165, 1.54) is 11.3 Å². The molecule has 1 saturated heterocycles. The van der Waals surface area contributed by atoms with Crippen molar-refractivity contribution in [3.05, 3.63) is 54.1 Å². The van der Waals surface area contributed by atoms with Gasteiger partial charge in [0.1, 0.15) is 12.4 Å². The largest absolute Gasteiger partial charge is 0.369 e. The van der Waals surface area contributed by atoms with Crippen LogP contribution in [0.1, 0.15) is 30.1 Å². The Labute approximate surface area is 190 Å². The highest BCUT2D eigenvalue weighted by Gasteiger charge is 2.21. The molecule has 1 fully saturated rings. The van der Waals surface area contributed by atoms with Gasteiger partial charge in [0.15, 0.2) is 11.8 Å². The number of nitrogens with one attached hydrogen (secondary N) is 2. The van der Waals surface area contributed by atoms with Crippen LogP contribution in [-0.2, 0) is 13.6 Å². The molecule has 2 heterocycles. The second-order valence-electron chi connectivity index (χ2n) is 7.32. The molecule has 0 aliphatic carbocycles. The SMILES string of the molecule is C=CCNC(=NCc1nnc(C)n1C)NC1CCCN(c2ccc(C)cc2)C1.I. The molecular weight excluding hydrogens is 477 g/mol. The van der Waals surface area contributed by atoms with Crippen molar-refractivity contribution < 1.29 is 0 Å². The molecule has 0 spiro atoms. The third-order valence-corrected chi connectivity index (χ3v) is 5.14. The number of aliphatic imine (C=N–C) groups is 1. The smallest absolute Gasteiger partial charge is 0.192 e. The Bertz CT molecular complexity index is 813. The van der Waals surface area contributed by atoms with Crippen molar-refractivity contribution in [2.45, 2.75) is 39.3 Å². The summed E-state index contributed by atoms with van der Waals surface area (Å²) in [5.74, 6) is 2.53. The number of nitrogens with zero attached hydrogens (tertiary/aromatic N) is 5. The van der Waals surface area contributed by atoms with Crippen LogP contribution in [0.5, 0.6) is 0 Å². The van der Waals surface area contributed by atoms with Crippen LogP contribution in [0.2, 0.25) is 0 Å². The number of rotatable bonds is 6. The number of guanidine groups is 1. The quantitative estimate of drug-likeness (QED) is 0.271. The summed E-state index contributed by atoms with van der Waals surface area (Å²) in [7, 11) is 1.96. The number of benzene rings is 1. The van der Waals surface area contributed by atoms with Gasteiger partial charge in [-0.1, -0.05) is 23.8 Å². The minimum atomic E-state index is 0. The number of aryl methyl sites for hydroxylation is 2. The van der Waals surface area contributed by atoms with E-state index in [2.05, 4.69) is 63.5 Å². The Morgan fingerprint density at radius 1 is 1.28 bits per heavy atom. The minimum Gasteiger partial charge on any atom is -0.369 e. The highest BCUT2D eigenvalue weighted by atomic mass is 127. The average Bonchev–Trinajstić information content (AvgIpc) is 3.03. The summed E-state index contributed by atoms with van der Waals surface area (Å²) >= 11 is 0. The third kappa shape index (κ3) is 6.45. The monoisotopic (exact) mass is 509 g/mol.